The normalized spacial score (nSPS) is 12.4. The zero-order valence-corrected chi connectivity index (χ0v) is 19.5. The van der Waals surface area contributed by atoms with Gasteiger partial charge in [-0.2, -0.15) is 8.78 Å². The Labute approximate surface area is 185 Å². The fraction of sp³-hybridized carbons (Fsp3) is 0.480. The molecule has 4 nitrogen and oxygen atoms in total. The average molecular weight is 435 g/mol. The topological polar surface area (TPSA) is 50.4 Å². The molecule has 0 fully saturated rings. The molecule has 2 rings (SSSR count). The highest BCUT2D eigenvalue weighted by molar-refractivity contribution is 5.68. The van der Waals surface area contributed by atoms with Crippen LogP contribution in [0, 0.1) is 6.92 Å². The summed E-state index contributed by atoms with van der Waals surface area (Å²) < 4.78 is 35.4. The van der Waals surface area contributed by atoms with Crippen molar-refractivity contribution in [1.82, 2.24) is 10.6 Å². The number of alkyl halides is 2. The van der Waals surface area contributed by atoms with Crippen molar-refractivity contribution in [2.75, 3.05) is 6.54 Å². The monoisotopic (exact) mass is 434 g/mol. The number of hydrogen-bond acceptors (Lipinski definition) is 3. The molecule has 172 valence electrons. The quantitative estimate of drug-likeness (QED) is 0.487. The first kappa shape index (κ1) is 26.6. The summed E-state index contributed by atoms with van der Waals surface area (Å²) >= 11 is 0. The molecule has 0 aliphatic rings. The molecule has 0 saturated heterocycles. The van der Waals surface area contributed by atoms with Crippen molar-refractivity contribution in [3.05, 3.63) is 71.3 Å². The van der Waals surface area contributed by atoms with Gasteiger partial charge in [-0.1, -0.05) is 74.0 Å². The summed E-state index contributed by atoms with van der Waals surface area (Å²) in [5.41, 5.74) is 1.32. The van der Waals surface area contributed by atoms with Gasteiger partial charge in [-0.05, 0) is 46.2 Å². The van der Waals surface area contributed by atoms with E-state index < -0.39 is 23.7 Å². The van der Waals surface area contributed by atoms with Crippen molar-refractivity contribution in [3.8, 4) is 0 Å². The van der Waals surface area contributed by atoms with Gasteiger partial charge in [0.1, 0.15) is 11.6 Å². The fourth-order valence-corrected chi connectivity index (χ4v) is 2.96. The molecule has 1 atom stereocenters. The maximum Gasteiger partial charge on any atom is 0.408 e. The lowest BCUT2D eigenvalue weighted by Gasteiger charge is -2.29. The van der Waals surface area contributed by atoms with Crippen LogP contribution >= 0.6 is 0 Å². The minimum absolute atomic E-state index is 0.0486. The Kier molecular flexibility index (Phi) is 10.6. The summed E-state index contributed by atoms with van der Waals surface area (Å²) in [5.74, 6) is -3.23. The van der Waals surface area contributed by atoms with Crippen molar-refractivity contribution in [3.63, 3.8) is 0 Å². The lowest BCUT2D eigenvalue weighted by molar-refractivity contribution is -0.0490. The predicted octanol–water partition coefficient (Wildman–Crippen LogP) is 6.19. The number of nitrogens with one attached hydrogen (secondary N) is 2. The third-order valence-corrected chi connectivity index (χ3v) is 4.31. The molecule has 0 saturated carbocycles. The number of benzene rings is 2. The molecule has 0 aliphatic carbocycles. The van der Waals surface area contributed by atoms with Crippen LogP contribution in [0.15, 0.2) is 54.6 Å². The maximum atomic E-state index is 15.1. The van der Waals surface area contributed by atoms with Crippen LogP contribution in [0.4, 0.5) is 13.6 Å². The molecule has 6 heteroatoms. The van der Waals surface area contributed by atoms with Crippen LogP contribution in [0.25, 0.3) is 0 Å². The van der Waals surface area contributed by atoms with E-state index in [0.29, 0.717) is 13.1 Å². The fourth-order valence-electron chi connectivity index (χ4n) is 2.96. The molecule has 0 bridgehead atoms. The lowest BCUT2D eigenvalue weighted by atomic mass is 9.98. The Hall–Kier alpha value is -2.47. The van der Waals surface area contributed by atoms with Gasteiger partial charge in [0.2, 0.25) is 0 Å². The predicted molar refractivity (Wildman–Crippen MR) is 122 cm³/mol. The van der Waals surface area contributed by atoms with E-state index in [4.69, 9.17) is 4.74 Å². The molecule has 1 amide bonds. The second-order valence-corrected chi connectivity index (χ2v) is 8.14. The molecule has 0 spiro atoms. The van der Waals surface area contributed by atoms with Crippen LogP contribution in [0.1, 0.15) is 57.7 Å². The van der Waals surface area contributed by atoms with E-state index in [1.165, 1.54) is 12.1 Å². The average Bonchev–Trinajstić information content (AvgIpc) is 2.71. The third kappa shape index (κ3) is 9.47. The highest BCUT2D eigenvalue weighted by atomic mass is 19.3. The van der Waals surface area contributed by atoms with Crippen LogP contribution in [-0.2, 0) is 17.2 Å². The van der Waals surface area contributed by atoms with Gasteiger partial charge in [0.15, 0.2) is 0 Å². The summed E-state index contributed by atoms with van der Waals surface area (Å²) in [6.45, 7) is 12.0. The minimum atomic E-state index is -3.23. The third-order valence-electron chi connectivity index (χ3n) is 4.31. The SMILES string of the molecule is CC.Cc1cccc(CNCCC(NC(=O)OC(C)(C)C)C(F)(F)c2ccccc2)c1. The van der Waals surface area contributed by atoms with E-state index in [1.807, 2.05) is 45.0 Å². The van der Waals surface area contributed by atoms with Gasteiger partial charge in [-0.15, -0.1) is 0 Å². The molecular formula is C25H36F2N2O2. The van der Waals surface area contributed by atoms with E-state index in [-0.39, 0.29) is 12.0 Å². The van der Waals surface area contributed by atoms with Gasteiger partial charge >= 0.3 is 6.09 Å². The smallest absolute Gasteiger partial charge is 0.408 e. The summed E-state index contributed by atoms with van der Waals surface area (Å²) in [4.78, 5) is 12.2. The lowest BCUT2D eigenvalue weighted by Crippen LogP contribution is -2.48. The van der Waals surface area contributed by atoms with Crippen molar-refractivity contribution in [2.45, 2.75) is 72.1 Å². The molecule has 2 aromatic carbocycles. The van der Waals surface area contributed by atoms with Crippen LogP contribution < -0.4 is 10.6 Å². The minimum Gasteiger partial charge on any atom is -0.444 e. The van der Waals surface area contributed by atoms with Crippen LogP contribution in [0.5, 0.6) is 0 Å². The van der Waals surface area contributed by atoms with E-state index in [0.717, 1.165) is 11.1 Å². The van der Waals surface area contributed by atoms with Crippen molar-refractivity contribution in [1.29, 1.82) is 0 Å². The van der Waals surface area contributed by atoms with Crippen LogP contribution in [0.2, 0.25) is 0 Å². The first-order chi connectivity index (χ1) is 14.6. The van der Waals surface area contributed by atoms with Gasteiger partial charge in [-0.25, -0.2) is 4.79 Å². The Bertz CT molecular complexity index is 790. The summed E-state index contributed by atoms with van der Waals surface area (Å²) in [5, 5.41) is 5.55. The van der Waals surface area contributed by atoms with Gasteiger partial charge in [0.05, 0.1) is 0 Å². The van der Waals surface area contributed by atoms with Crippen molar-refractivity contribution in [2.24, 2.45) is 0 Å². The molecule has 0 aliphatic heterocycles. The molecular weight excluding hydrogens is 398 g/mol. The molecule has 2 N–H and O–H groups in total. The van der Waals surface area contributed by atoms with Gasteiger partial charge in [0, 0.05) is 12.1 Å². The second kappa shape index (κ2) is 12.4. The van der Waals surface area contributed by atoms with Gasteiger partial charge in [0.25, 0.3) is 5.92 Å². The molecule has 0 heterocycles. The first-order valence-corrected chi connectivity index (χ1v) is 10.8. The molecule has 0 radical (unpaired) electrons. The number of hydrogen-bond donors (Lipinski definition) is 2. The number of halogens is 2. The molecule has 0 aromatic heterocycles. The number of alkyl carbamates (subject to hydrolysis) is 1. The van der Waals surface area contributed by atoms with Gasteiger partial charge < -0.3 is 15.4 Å². The number of rotatable bonds is 8. The number of amides is 1. The number of ether oxygens (including phenoxy) is 1. The second-order valence-electron chi connectivity index (χ2n) is 8.14. The van der Waals surface area contributed by atoms with Crippen LogP contribution in [0.3, 0.4) is 0 Å². The molecule has 1 unspecified atom stereocenters. The largest absolute Gasteiger partial charge is 0.444 e. The molecule has 31 heavy (non-hydrogen) atoms. The van der Waals surface area contributed by atoms with E-state index >= 15 is 8.78 Å². The van der Waals surface area contributed by atoms with Crippen molar-refractivity contribution >= 4 is 6.09 Å². The Balaban J connectivity index is 0.00000233. The Morgan fingerprint density at radius 1 is 1.03 bits per heavy atom. The van der Waals surface area contributed by atoms with E-state index in [1.54, 1.807) is 39.0 Å². The zero-order valence-electron chi connectivity index (χ0n) is 19.5. The summed E-state index contributed by atoms with van der Waals surface area (Å²) in [7, 11) is 0. The van der Waals surface area contributed by atoms with Crippen LogP contribution in [-0.4, -0.2) is 24.3 Å². The number of carbonyl (C=O) groups is 1. The maximum absolute atomic E-state index is 15.1. The summed E-state index contributed by atoms with van der Waals surface area (Å²) in [6, 6.07) is 14.1. The standard InChI is InChI=1S/C23H30F2N2O2.C2H6/c1-17-9-8-10-18(15-17)16-26-14-13-20(27-21(28)29-22(2,3)4)23(24,25)19-11-6-5-7-12-19;1-2/h5-12,15,20,26H,13-14,16H2,1-4H3,(H,27,28);1-2H3. The molecule has 2 aromatic rings. The van der Waals surface area contributed by atoms with E-state index in [2.05, 4.69) is 10.6 Å². The van der Waals surface area contributed by atoms with E-state index in [9.17, 15) is 4.79 Å². The highest BCUT2D eigenvalue weighted by Gasteiger charge is 2.42. The van der Waals surface area contributed by atoms with Crippen molar-refractivity contribution < 1.29 is 18.3 Å². The number of aryl methyl sites for hydroxylation is 1. The highest BCUT2D eigenvalue weighted by Crippen LogP contribution is 2.33. The zero-order chi connectivity index (χ0) is 23.5. The summed E-state index contributed by atoms with van der Waals surface area (Å²) in [6.07, 6.45) is -0.802. The Morgan fingerprint density at radius 2 is 1.68 bits per heavy atom. The Morgan fingerprint density at radius 3 is 2.26 bits per heavy atom. The van der Waals surface area contributed by atoms with Gasteiger partial charge in [-0.3, -0.25) is 0 Å². The number of carbonyl (C=O) groups excluding carboxylic acids is 1. The first-order valence-electron chi connectivity index (χ1n) is 10.8.